The van der Waals surface area contributed by atoms with Crippen LogP contribution in [0.3, 0.4) is 0 Å². The Labute approximate surface area is 90.3 Å². The van der Waals surface area contributed by atoms with Crippen molar-refractivity contribution >= 4 is 0 Å². The van der Waals surface area contributed by atoms with Crippen LogP contribution in [0.4, 0.5) is 0 Å². The molecule has 0 amide bonds. The second-order valence-corrected chi connectivity index (χ2v) is 1.76. The quantitative estimate of drug-likeness (QED) is 0.732. The summed E-state index contributed by atoms with van der Waals surface area (Å²) in [4.78, 5) is 0. The van der Waals surface area contributed by atoms with E-state index in [4.69, 9.17) is 14.6 Å². The molecular formula is C5H10AcO3. The number of aliphatic hydroxyl groups excluding tert-OH is 1. The van der Waals surface area contributed by atoms with Gasteiger partial charge in [0, 0.05) is 44.1 Å². The van der Waals surface area contributed by atoms with Crippen LogP contribution in [0.25, 0.3) is 0 Å². The van der Waals surface area contributed by atoms with Crippen LogP contribution in [0.5, 0.6) is 0 Å². The van der Waals surface area contributed by atoms with Gasteiger partial charge in [0.15, 0.2) is 12.6 Å². The summed E-state index contributed by atoms with van der Waals surface area (Å²) < 4.78 is 9.79. The van der Waals surface area contributed by atoms with Crippen LogP contribution in [-0.4, -0.2) is 24.3 Å². The minimum atomic E-state index is -0.694. The molecule has 2 atom stereocenters. The molecule has 1 unspecified atom stereocenters. The van der Waals surface area contributed by atoms with Gasteiger partial charge in [-0.1, -0.05) is 6.92 Å². The molecule has 0 aromatic heterocycles. The summed E-state index contributed by atoms with van der Waals surface area (Å²) in [7, 11) is 0. The standard InChI is InChI=1S/C5H10O3.Ac/c1-2-5-7-3-4(6)8-5;/h4-6H,2-3H2,1H3;/t4?,5-;/m1./s1. The molecule has 1 aliphatic rings. The Hall–Kier alpha value is 1.32. The maximum absolute atomic E-state index is 8.68. The molecule has 0 aromatic carbocycles. The molecule has 4 heteroatoms. The van der Waals surface area contributed by atoms with Crippen LogP contribution in [0.2, 0.25) is 0 Å². The topological polar surface area (TPSA) is 38.7 Å². The van der Waals surface area contributed by atoms with Gasteiger partial charge in [-0.2, -0.15) is 0 Å². The number of rotatable bonds is 1. The van der Waals surface area contributed by atoms with Crippen LogP contribution in [-0.2, 0) is 9.47 Å². The molecule has 0 aromatic rings. The zero-order valence-electron chi connectivity index (χ0n) is 5.41. The first-order valence-electron chi connectivity index (χ1n) is 2.78. The average molecular weight is 345 g/mol. The SMILES string of the molecule is CC[C@@H]1OCC(O)O1.[Ac]. The van der Waals surface area contributed by atoms with Crippen LogP contribution >= 0.6 is 0 Å². The fourth-order valence-corrected chi connectivity index (χ4v) is 0.657. The summed E-state index contributed by atoms with van der Waals surface area (Å²) in [6.07, 6.45) is -0.0678. The zero-order chi connectivity index (χ0) is 5.98. The van der Waals surface area contributed by atoms with E-state index in [-0.39, 0.29) is 50.4 Å². The van der Waals surface area contributed by atoms with Gasteiger partial charge in [-0.25, -0.2) is 0 Å². The van der Waals surface area contributed by atoms with Crippen molar-refractivity contribution in [1.29, 1.82) is 0 Å². The van der Waals surface area contributed by atoms with E-state index in [1.807, 2.05) is 6.92 Å². The molecule has 0 aliphatic carbocycles. The molecule has 1 rings (SSSR count). The molecule has 0 spiro atoms. The predicted octanol–water partition coefficient (Wildman–Crippen LogP) is 0.0877. The molecule has 3 nitrogen and oxygen atoms in total. The predicted molar refractivity (Wildman–Crippen MR) is 27.1 cm³/mol. The molecule has 51 valence electrons. The number of aliphatic hydroxyl groups is 1. The molecule has 1 heterocycles. The maximum atomic E-state index is 8.68. The molecule has 1 fully saturated rings. The summed E-state index contributed by atoms with van der Waals surface area (Å²) in [5.74, 6) is 0. The second-order valence-electron chi connectivity index (χ2n) is 1.76. The normalized spacial score (nSPS) is 34.0. The van der Waals surface area contributed by atoms with Gasteiger partial charge < -0.3 is 14.6 Å². The van der Waals surface area contributed by atoms with E-state index in [2.05, 4.69) is 0 Å². The summed E-state index contributed by atoms with van der Waals surface area (Å²) in [5, 5.41) is 8.68. The monoisotopic (exact) mass is 345 g/mol. The Morgan fingerprint density at radius 1 is 1.67 bits per heavy atom. The van der Waals surface area contributed by atoms with Gasteiger partial charge in [0.05, 0.1) is 0 Å². The number of ether oxygens (including phenoxy) is 2. The summed E-state index contributed by atoms with van der Waals surface area (Å²) in [5.41, 5.74) is 0. The summed E-state index contributed by atoms with van der Waals surface area (Å²) in [6.45, 7) is 2.27. The number of hydrogen-bond donors (Lipinski definition) is 1. The Bertz CT molecular complexity index is 78.6. The van der Waals surface area contributed by atoms with Crippen LogP contribution in [0.15, 0.2) is 0 Å². The second kappa shape index (κ2) is 5.04. The van der Waals surface area contributed by atoms with Crippen molar-refractivity contribution in [1.82, 2.24) is 0 Å². The van der Waals surface area contributed by atoms with Crippen molar-refractivity contribution < 1.29 is 58.6 Å². The maximum Gasteiger partial charge on any atom is 0.181 e. The van der Waals surface area contributed by atoms with Gasteiger partial charge >= 0.3 is 0 Å². The number of hydrogen-bond acceptors (Lipinski definition) is 3. The van der Waals surface area contributed by atoms with E-state index in [0.29, 0.717) is 6.61 Å². The molecular weight excluding hydrogens is 335 g/mol. The van der Waals surface area contributed by atoms with E-state index >= 15 is 0 Å². The van der Waals surface area contributed by atoms with Crippen molar-refractivity contribution in [2.45, 2.75) is 25.9 Å². The van der Waals surface area contributed by atoms with Gasteiger partial charge in [0.2, 0.25) is 0 Å². The van der Waals surface area contributed by atoms with Gasteiger partial charge in [-0.15, -0.1) is 0 Å². The first-order valence-corrected chi connectivity index (χ1v) is 2.78. The Morgan fingerprint density at radius 3 is 2.56 bits per heavy atom. The Balaban J connectivity index is 0.000000640. The van der Waals surface area contributed by atoms with Crippen molar-refractivity contribution in [2.24, 2.45) is 0 Å². The molecule has 1 N–H and O–H groups in total. The summed E-state index contributed by atoms with van der Waals surface area (Å²) >= 11 is 0. The molecule has 1 saturated heterocycles. The van der Waals surface area contributed by atoms with Crippen LogP contribution < -0.4 is 0 Å². The van der Waals surface area contributed by atoms with E-state index in [1.165, 1.54) is 0 Å². The van der Waals surface area contributed by atoms with Crippen molar-refractivity contribution in [2.75, 3.05) is 6.61 Å². The molecule has 0 bridgehead atoms. The first kappa shape index (κ1) is 10.3. The van der Waals surface area contributed by atoms with E-state index < -0.39 is 6.29 Å². The van der Waals surface area contributed by atoms with Crippen molar-refractivity contribution in [3.63, 3.8) is 0 Å². The average Bonchev–Trinajstić information content (AvgIpc) is 2.14. The Kier molecular flexibility index (Phi) is 5.78. The first-order chi connectivity index (χ1) is 3.83. The van der Waals surface area contributed by atoms with Crippen molar-refractivity contribution in [3.8, 4) is 0 Å². The van der Waals surface area contributed by atoms with E-state index in [1.54, 1.807) is 0 Å². The minimum absolute atomic E-state index is 0. The van der Waals surface area contributed by atoms with Gasteiger partial charge in [0.25, 0.3) is 0 Å². The largest absolute Gasteiger partial charge is 0.366 e. The third kappa shape index (κ3) is 3.29. The fourth-order valence-electron chi connectivity index (χ4n) is 0.657. The van der Waals surface area contributed by atoms with Crippen molar-refractivity contribution in [3.05, 3.63) is 0 Å². The fraction of sp³-hybridized carbons (Fsp3) is 1.00. The summed E-state index contributed by atoms with van der Waals surface area (Å²) in [6, 6.07) is 0. The smallest absolute Gasteiger partial charge is 0.181 e. The van der Waals surface area contributed by atoms with E-state index in [9.17, 15) is 0 Å². The van der Waals surface area contributed by atoms with Crippen LogP contribution in [0.1, 0.15) is 13.3 Å². The third-order valence-corrected chi connectivity index (χ3v) is 1.07. The Morgan fingerprint density at radius 2 is 2.33 bits per heavy atom. The zero-order valence-corrected chi connectivity index (χ0v) is 10.2. The molecule has 1 radical (unpaired) electrons. The van der Waals surface area contributed by atoms with E-state index in [0.717, 1.165) is 6.42 Å². The minimum Gasteiger partial charge on any atom is -0.366 e. The van der Waals surface area contributed by atoms with Gasteiger partial charge in [-0.3, -0.25) is 0 Å². The molecule has 0 saturated carbocycles. The third-order valence-electron chi connectivity index (χ3n) is 1.07. The molecule has 9 heavy (non-hydrogen) atoms. The molecule has 1 aliphatic heterocycles. The van der Waals surface area contributed by atoms with Gasteiger partial charge in [-0.05, 0) is 6.42 Å². The van der Waals surface area contributed by atoms with Crippen LogP contribution in [0, 0.1) is 44.1 Å². The van der Waals surface area contributed by atoms with Gasteiger partial charge in [0.1, 0.15) is 6.61 Å².